The minimum atomic E-state index is -3.83. The Morgan fingerprint density at radius 1 is 1.32 bits per heavy atom. The average molecular weight is 341 g/mol. The number of nitrogens with zero attached hydrogens (tertiary/aromatic N) is 1. The lowest BCUT2D eigenvalue weighted by molar-refractivity contribution is -0.115. The molecule has 0 saturated carbocycles. The lowest BCUT2D eigenvalue weighted by atomic mass is 10.1. The van der Waals surface area contributed by atoms with Gasteiger partial charge in [0.25, 0.3) is 5.91 Å². The van der Waals surface area contributed by atoms with E-state index in [0.717, 1.165) is 5.56 Å². The molecule has 1 aromatic carbocycles. The van der Waals surface area contributed by atoms with Crippen molar-refractivity contribution in [2.45, 2.75) is 12.7 Å². The number of carbonyl (C=O) groups is 1. The van der Waals surface area contributed by atoms with E-state index in [-0.39, 0.29) is 11.3 Å². The van der Waals surface area contributed by atoms with Crippen LogP contribution in [0.25, 0.3) is 6.08 Å². The Kier molecular flexibility index (Phi) is 4.99. The molecule has 1 aromatic heterocycles. The monoisotopic (exact) mass is 340 g/mol. The first kappa shape index (κ1) is 16.3. The highest BCUT2D eigenvalue weighted by atomic mass is 35.5. The molecule has 0 aliphatic rings. The first-order chi connectivity index (χ1) is 10.4. The largest absolute Gasteiger partial charge is 0.364 e. The Hall–Kier alpha value is -2.12. The number of aromatic nitrogens is 1. The van der Waals surface area contributed by atoms with Crippen LogP contribution in [0.3, 0.4) is 0 Å². The molecule has 1 N–H and O–H groups in total. The van der Waals surface area contributed by atoms with E-state index in [4.69, 9.17) is 11.6 Å². The van der Waals surface area contributed by atoms with Gasteiger partial charge >= 0.3 is 0 Å². The molecule has 0 aliphatic heterocycles. The van der Waals surface area contributed by atoms with Crippen LogP contribution in [0.5, 0.6) is 0 Å². The molecule has 0 spiro atoms. The zero-order valence-electron chi connectivity index (χ0n) is 11.6. The molecule has 0 aliphatic carbocycles. The molecule has 0 saturated heterocycles. The summed E-state index contributed by atoms with van der Waals surface area (Å²) in [5.41, 5.74) is 1.22. The molecule has 0 unspecified atom stereocenters. The van der Waals surface area contributed by atoms with Crippen LogP contribution in [-0.4, -0.2) is 19.5 Å². The van der Waals surface area contributed by atoms with Gasteiger partial charge in [-0.05, 0) is 30.7 Å². The highest BCUT2D eigenvalue weighted by Crippen LogP contribution is 2.13. The lowest BCUT2D eigenvalue weighted by Crippen LogP contribution is -2.32. The molecule has 22 heavy (non-hydrogen) atoms. The molecule has 8 heteroatoms. The molecule has 0 radical (unpaired) electrons. The van der Waals surface area contributed by atoms with Crippen molar-refractivity contribution in [3.63, 3.8) is 0 Å². The van der Waals surface area contributed by atoms with Gasteiger partial charge < -0.3 is 4.52 Å². The van der Waals surface area contributed by atoms with E-state index >= 15 is 0 Å². The lowest BCUT2D eigenvalue weighted by Gasteiger charge is -2.05. The number of carbonyl (C=O) groups excluding carboxylic acids is 1. The van der Waals surface area contributed by atoms with Gasteiger partial charge in [-0.3, -0.25) is 4.79 Å². The fraction of sp³-hybridized carbons (Fsp3) is 0.143. The molecule has 0 fully saturated rings. The van der Waals surface area contributed by atoms with Gasteiger partial charge in [0.05, 0.1) is 0 Å². The fourth-order valence-electron chi connectivity index (χ4n) is 1.64. The molecule has 116 valence electrons. The maximum atomic E-state index is 11.9. The Morgan fingerprint density at radius 3 is 2.59 bits per heavy atom. The summed E-state index contributed by atoms with van der Waals surface area (Å²) >= 11 is 5.77. The quantitative estimate of drug-likeness (QED) is 0.844. The molecule has 0 atom stereocenters. The maximum Gasteiger partial charge on any atom is 0.260 e. The van der Waals surface area contributed by atoms with Gasteiger partial charge in [-0.2, -0.15) is 0 Å². The second-order valence-corrected chi connectivity index (χ2v) is 6.72. The van der Waals surface area contributed by atoms with Crippen molar-refractivity contribution in [2.24, 2.45) is 0 Å². The Balaban J connectivity index is 2.06. The topological polar surface area (TPSA) is 89.3 Å². The second kappa shape index (κ2) is 6.76. The maximum absolute atomic E-state index is 11.9. The van der Waals surface area contributed by atoms with Crippen LogP contribution in [0.15, 0.2) is 46.7 Å². The number of hydrogen-bond donors (Lipinski definition) is 1. The average Bonchev–Trinajstić information content (AvgIpc) is 2.92. The summed E-state index contributed by atoms with van der Waals surface area (Å²) in [6.45, 7) is 1.52. The highest BCUT2D eigenvalue weighted by molar-refractivity contribution is 7.89. The molecule has 6 nitrogen and oxygen atoms in total. The van der Waals surface area contributed by atoms with Gasteiger partial charge in [0, 0.05) is 16.7 Å². The van der Waals surface area contributed by atoms with Gasteiger partial charge in [0.1, 0.15) is 17.7 Å². The Bertz CT molecular complexity index is 781. The predicted octanol–water partition coefficient (Wildman–Crippen LogP) is 2.38. The third-order valence-electron chi connectivity index (χ3n) is 2.69. The number of halogens is 1. The summed E-state index contributed by atoms with van der Waals surface area (Å²) in [7, 11) is -3.83. The van der Waals surface area contributed by atoms with Gasteiger partial charge in [-0.25, -0.2) is 13.1 Å². The van der Waals surface area contributed by atoms with E-state index in [2.05, 4.69) is 9.68 Å². The molecule has 1 amide bonds. The van der Waals surface area contributed by atoms with Crippen molar-refractivity contribution in [1.29, 1.82) is 0 Å². The van der Waals surface area contributed by atoms with E-state index < -0.39 is 21.7 Å². The van der Waals surface area contributed by atoms with Crippen molar-refractivity contribution < 1.29 is 17.7 Å². The smallest absolute Gasteiger partial charge is 0.260 e. The van der Waals surface area contributed by atoms with Crippen molar-refractivity contribution in [3.8, 4) is 0 Å². The van der Waals surface area contributed by atoms with Gasteiger partial charge in [-0.15, -0.1) is 0 Å². The van der Waals surface area contributed by atoms with Crippen molar-refractivity contribution in [1.82, 2.24) is 9.88 Å². The molecular weight excluding hydrogens is 328 g/mol. The number of nitrogens with one attached hydrogen (secondary N) is 1. The number of sulfonamides is 1. The fourth-order valence-corrected chi connectivity index (χ4v) is 2.82. The zero-order valence-corrected chi connectivity index (χ0v) is 13.2. The molecule has 2 rings (SSSR count). The Morgan fingerprint density at radius 2 is 2.00 bits per heavy atom. The minimum Gasteiger partial charge on any atom is -0.364 e. The molecule has 1 heterocycles. The minimum absolute atomic E-state index is 0.222. The van der Waals surface area contributed by atoms with Crippen molar-refractivity contribution >= 4 is 33.6 Å². The van der Waals surface area contributed by atoms with Crippen LogP contribution in [-0.2, 0) is 20.6 Å². The van der Waals surface area contributed by atoms with E-state index in [1.54, 1.807) is 30.3 Å². The van der Waals surface area contributed by atoms with Crippen LogP contribution in [0.2, 0.25) is 5.02 Å². The molecule has 0 bridgehead atoms. The first-order valence-electron chi connectivity index (χ1n) is 6.24. The predicted molar refractivity (Wildman–Crippen MR) is 82.4 cm³/mol. The van der Waals surface area contributed by atoms with Gasteiger partial charge in [0.15, 0.2) is 0 Å². The highest BCUT2D eigenvalue weighted by Gasteiger charge is 2.18. The van der Waals surface area contributed by atoms with Crippen LogP contribution in [0.1, 0.15) is 18.2 Å². The number of benzene rings is 1. The van der Waals surface area contributed by atoms with E-state index in [9.17, 15) is 13.2 Å². The number of amides is 1. The normalized spacial score (nSPS) is 12.2. The third-order valence-corrected chi connectivity index (χ3v) is 4.11. The van der Waals surface area contributed by atoms with E-state index in [0.29, 0.717) is 5.02 Å². The van der Waals surface area contributed by atoms with E-state index in [1.165, 1.54) is 19.3 Å². The first-order valence-corrected chi connectivity index (χ1v) is 8.27. The summed E-state index contributed by atoms with van der Waals surface area (Å²) in [5, 5.41) is 4.08. The van der Waals surface area contributed by atoms with Crippen LogP contribution in [0.4, 0.5) is 0 Å². The summed E-state index contributed by atoms with van der Waals surface area (Å²) < 4.78 is 30.2. The zero-order chi connectivity index (χ0) is 16.2. The Labute approximate surface area is 132 Å². The van der Waals surface area contributed by atoms with Gasteiger partial charge in [0.2, 0.25) is 10.0 Å². The molecular formula is C14H13ClN2O4S. The summed E-state index contributed by atoms with van der Waals surface area (Å²) in [4.78, 5) is 11.9. The molecule has 2 aromatic rings. The number of hydrogen-bond acceptors (Lipinski definition) is 5. The van der Waals surface area contributed by atoms with Crippen LogP contribution in [0, 0.1) is 0 Å². The van der Waals surface area contributed by atoms with Gasteiger partial charge in [-0.1, -0.05) is 28.9 Å². The van der Waals surface area contributed by atoms with Crippen molar-refractivity contribution in [3.05, 3.63) is 58.4 Å². The van der Waals surface area contributed by atoms with Crippen LogP contribution >= 0.6 is 11.6 Å². The van der Waals surface area contributed by atoms with Crippen molar-refractivity contribution in [2.75, 3.05) is 0 Å². The van der Waals surface area contributed by atoms with Crippen LogP contribution < -0.4 is 4.72 Å². The SMILES string of the molecule is C/C(=C\c1ccc(Cl)cc1)C(=O)NS(=O)(=O)Cc1ccon1. The summed E-state index contributed by atoms with van der Waals surface area (Å²) in [6, 6.07) is 8.23. The third kappa shape index (κ3) is 4.71. The summed E-state index contributed by atoms with van der Waals surface area (Å²) in [6.07, 6.45) is 2.83. The summed E-state index contributed by atoms with van der Waals surface area (Å²) in [5.74, 6) is -1.12. The second-order valence-electron chi connectivity index (χ2n) is 4.56. The standard InChI is InChI=1S/C14H13ClN2O4S/c1-10(8-11-2-4-12(15)5-3-11)14(18)17-22(19,20)9-13-6-7-21-16-13/h2-8H,9H2,1H3,(H,17,18)/b10-8+. The number of rotatable bonds is 5. The van der Waals surface area contributed by atoms with E-state index in [1.807, 2.05) is 4.72 Å².